The number of nitrogens with two attached hydrogens (primary N) is 1. The van der Waals surface area contributed by atoms with Crippen LogP contribution in [-0.2, 0) is 12.8 Å². The number of pyridine rings is 2. The fraction of sp³-hybridized carbons (Fsp3) is 0.214. The summed E-state index contributed by atoms with van der Waals surface area (Å²) in [7, 11) is 0. The van der Waals surface area contributed by atoms with Crippen LogP contribution >= 0.6 is 0 Å². The summed E-state index contributed by atoms with van der Waals surface area (Å²) in [5.74, 6) is -0.705. The maximum absolute atomic E-state index is 11.8. The van der Waals surface area contributed by atoms with E-state index in [1.54, 1.807) is 12.3 Å². The van der Waals surface area contributed by atoms with Gasteiger partial charge in [0.05, 0.1) is 0 Å². The van der Waals surface area contributed by atoms with Gasteiger partial charge >= 0.3 is 0 Å². The van der Waals surface area contributed by atoms with Crippen molar-refractivity contribution in [1.29, 1.82) is 0 Å². The predicted molar refractivity (Wildman–Crippen MR) is 70.8 cm³/mol. The molecule has 5 nitrogen and oxygen atoms in total. The van der Waals surface area contributed by atoms with Gasteiger partial charge in [0.15, 0.2) is 0 Å². The summed E-state index contributed by atoms with van der Waals surface area (Å²) >= 11 is 0. The number of amides is 1. The zero-order valence-corrected chi connectivity index (χ0v) is 10.3. The van der Waals surface area contributed by atoms with Crippen LogP contribution < -0.4 is 11.3 Å². The average molecular weight is 255 g/mol. The second-order valence-electron chi connectivity index (χ2n) is 4.65. The third kappa shape index (κ3) is 1.93. The van der Waals surface area contributed by atoms with Gasteiger partial charge in [-0.3, -0.25) is 14.6 Å². The summed E-state index contributed by atoms with van der Waals surface area (Å²) in [5, 5.41) is 0. The fourth-order valence-corrected chi connectivity index (χ4v) is 2.53. The number of nitrogens with zero attached hydrogens (tertiary/aromatic N) is 1. The van der Waals surface area contributed by atoms with Gasteiger partial charge in [-0.25, -0.2) is 0 Å². The molecule has 2 aromatic heterocycles. The van der Waals surface area contributed by atoms with Gasteiger partial charge in [0, 0.05) is 23.7 Å². The Kier molecular flexibility index (Phi) is 2.67. The van der Waals surface area contributed by atoms with Crippen LogP contribution in [0.15, 0.2) is 29.3 Å². The Bertz CT molecular complexity index is 719. The van der Waals surface area contributed by atoms with Gasteiger partial charge in [0.25, 0.3) is 11.5 Å². The highest BCUT2D eigenvalue weighted by molar-refractivity contribution is 5.94. The molecule has 2 heterocycles. The number of rotatable bonds is 1. The normalized spacial score (nSPS) is 13.3. The van der Waals surface area contributed by atoms with E-state index in [0.717, 1.165) is 41.6 Å². The lowest BCUT2D eigenvalue weighted by atomic mass is 10.00. The number of carbonyl (C=O) groups is 1. The minimum atomic E-state index is -0.705. The molecule has 0 aliphatic heterocycles. The molecule has 0 atom stereocenters. The highest BCUT2D eigenvalue weighted by atomic mass is 16.2. The maximum Gasteiger partial charge on any atom is 0.261 e. The summed E-state index contributed by atoms with van der Waals surface area (Å²) in [5.41, 5.74) is 8.71. The van der Waals surface area contributed by atoms with Gasteiger partial charge in [-0.05, 0) is 42.5 Å². The first kappa shape index (κ1) is 11.6. The maximum atomic E-state index is 11.8. The number of primary amides is 1. The minimum absolute atomic E-state index is 0.00316. The fourth-order valence-electron chi connectivity index (χ4n) is 2.53. The van der Waals surface area contributed by atoms with Crippen LogP contribution in [0.3, 0.4) is 0 Å². The molecule has 3 rings (SSSR count). The molecule has 96 valence electrons. The van der Waals surface area contributed by atoms with E-state index in [2.05, 4.69) is 9.97 Å². The third-order valence-electron chi connectivity index (χ3n) is 3.45. The van der Waals surface area contributed by atoms with Crippen molar-refractivity contribution in [2.75, 3.05) is 0 Å². The van der Waals surface area contributed by atoms with Crippen LogP contribution in [0.25, 0.3) is 11.1 Å². The van der Waals surface area contributed by atoms with Gasteiger partial charge < -0.3 is 10.7 Å². The number of nitrogens with one attached hydrogen (secondary N) is 1. The summed E-state index contributed by atoms with van der Waals surface area (Å²) in [4.78, 5) is 30.0. The van der Waals surface area contributed by atoms with Crippen molar-refractivity contribution in [2.45, 2.75) is 19.3 Å². The van der Waals surface area contributed by atoms with Crippen molar-refractivity contribution in [3.63, 3.8) is 0 Å². The molecular weight excluding hydrogens is 242 g/mol. The monoisotopic (exact) mass is 255 g/mol. The van der Waals surface area contributed by atoms with Crippen LogP contribution in [0.2, 0.25) is 0 Å². The lowest BCUT2D eigenvalue weighted by Crippen LogP contribution is -2.24. The molecular formula is C14H13N3O2. The smallest absolute Gasteiger partial charge is 0.261 e. The Morgan fingerprint density at radius 2 is 2.16 bits per heavy atom. The van der Waals surface area contributed by atoms with Gasteiger partial charge in [-0.2, -0.15) is 0 Å². The third-order valence-corrected chi connectivity index (χ3v) is 3.45. The number of hydrogen-bond donors (Lipinski definition) is 2. The van der Waals surface area contributed by atoms with E-state index in [9.17, 15) is 9.59 Å². The van der Waals surface area contributed by atoms with E-state index < -0.39 is 11.5 Å². The molecule has 0 unspecified atom stereocenters. The van der Waals surface area contributed by atoms with Gasteiger partial charge in [0.1, 0.15) is 5.56 Å². The molecule has 0 radical (unpaired) electrons. The molecule has 19 heavy (non-hydrogen) atoms. The van der Waals surface area contributed by atoms with E-state index in [-0.39, 0.29) is 5.56 Å². The zero-order chi connectivity index (χ0) is 13.4. The van der Waals surface area contributed by atoms with Crippen molar-refractivity contribution < 1.29 is 4.79 Å². The summed E-state index contributed by atoms with van der Waals surface area (Å²) in [6, 6.07) is 3.50. The molecule has 0 saturated heterocycles. The van der Waals surface area contributed by atoms with E-state index in [1.165, 1.54) is 0 Å². The van der Waals surface area contributed by atoms with Crippen LogP contribution in [0.4, 0.5) is 0 Å². The van der Waals surface area contributed by atoms with Gasteiger partial charge in [-0.15, -0.1) is 0 Å². The van der Waals surface area contributed by atoms with Crippen LogP contribution in [-0.4, -0.2) is 15.9 Å². The summed E-state index contributed by atoms with van der Waals surface area (Å²) in [6.45, 7) is 0. The van der Waals surface area contributed by atoms with Crippen molar-refractivity contribution >= 4 is 5.91 Å². The molecule has 1 amide bonds. The Morgan fingerprint density at radius 3 is 2.95 bits per heavy atom. The SMILES string of the molecule is NC(=O)c1cc2c([nH]c1=O)CCCc1cnccc1-2. The molecule has 0 bridgehead atoms. The number of H-pyrrole nitrogens is 1. The number of carbonyl (C=O) groups excluding carboxylic acids is 1. The Hall–Kier alpha value is -2.43. The molecule has 0 saturated carbocycles. The summed E-state index contributed by atoms with van der Waals surface area (Å²) < 4.78 is 0. The zero-order valence-electron chi connectivity index (χ0n) is 10.3. The molecule has 0 fully saturated rings. The molecule has 1 aliphatic carbocycles. The molecule has 0 spiro atoms. The Balaban J connectivity index is 2.31. The van der Waals surface area contributed by atoms with E-state index in [0.29, 0.717) is 0 Å². The highest BCUT2D eigenvalue weighted by Crippen LogP contribution is 2.30. The Morgan fingerprint density at radius 1 is 1.32 bits per heavy atom. The van der Waals surface area contributed by atoms with Gasteiger partial charge in [-0.1, -0.05) is 0 Å². The van der Waals surface area contributed by atoms with Crippen LogP contribution in [0.1, 0.15) is 28.0 Å². The number of fused-ring (bicyclic) bond motifs is 3. The molecule has 5 heteroatoms. The van der Waals surface area contributed by atoms with Crippen molar-refractivity contribution in [1.82, 2.24) is 9.97 Å². The minimum Gasteiger partial charge on any atom is -0.365 e. The average Bonchev–Trinajstić information content (AvgIpc) is 2.56. The largest absolute Gasteiger partial charge is 0.365 e. The van der Waals surface area contributed by atoms with Crippen LogP contribution in [0.5, 0.6) is 0 Å². The summed E-state index contributed by atoms with van der Waals surface area (Å²) in [6.07, 6.45) is 6.17. The standard InChI is InChI=1S/C14H13N3O2/c15-13(18)11-6-10-9-4-5-16-7-8(9)2-1-3-12(10)17-14(11)19/h4-7H,1-3H2,(H2,15,18)(H,17,19). The lowest BCUT2D eigenvalue weighted by Gasteiger charge is -2.09. The van der Waals surface area contributed by atoms with E-state index in [4.69, 9.17) is 5.73 Å². The second kappa shape index (κ2) is 4.35. The molecule has 1 aliphatic rings. The lowest BCUT2D eigenvalue weighted by molar-refractivity contribution is 0.0999. The first-order valence-electron chi connectivity index (χ1n) is 6.16. The van der Waals surface area contributed by atoms with Crippen molar-refractivity contribution in [3.05, 3.63) is 51.7 Å². The number of aryl methyl sites for hydroxylation is 2. The number of aromatic amines is 1. The quantitative estimate of drug-likeness (QED) is 0.797. The highest BCUT2D eigenvalue weighted by Gasteiger charge is 2.18. The Labute approximate surface area is 109 Å². The second-order valence-corrected chi connectivity index (χ2v) is 4.65. The topological polar surface area (TPSA) is 88.8 Å². The van der Waals surface area contributed by atoms with E-state index in [1.807, 2.05) is 12.3 Å². The van der Waals surface area contributed by atoms with E-state index >= 15 is 0 Å². The van der Waals surface area contributed by atoms with Crippen molar-refractivity contribution in [2.24, 2.45) is 5.73 Å². The van der Waals surface area contributed by atoms with Crippen molar-refractivity contribution in [3.8, 4) is 11.1 Å². The van der Waals surface area contributed by atoms with Crippen LogP contribution in [0, 0.1) is 0 Å². The van der Waals surface area contributed by atoms with Gasteiger partial charge in [0.2, 0.25) is 0 Å². The number of aromatic nitrogens is 2. The molecule has 2 aromatic rings. The first-order valence-corrected chi connectivity index (χ1v) is 6.16. The predicted octanol–water partition coefficient (Wildman–Crippen LogP) is 1.02. The first-order chi connectivity index (χ1) is 9.16. The molecule has 3 N–H and O–H groups in total. The number of hydrogen-bond acceptors (Lipinski definition) is 3. The molecule has 0 aromatic carbocycles.